The molecular weight excluding hydrogens is 338 g/mol. The second kappa shape index (κ2) is 7.56. The van der Waals surface area contributed by atoms with Crippen LogP contribution in [0.1, 0.15) is 26.0 Å². The highest BCUT2D eigenvalue weighted by Gasteiger charge is 2.45. The van der Waals surface area contributed by atoms with Gasteiger partial charge in [-0.25, -0.2) is 4.98 Å². The SMILES string of the molecule is CCOC(=O)[C@@H]1[C@H]2CN(C(=O)CCc3csc(N)n3)C[C@@H]2C=C[C@@H]1C. The van der Waals surface area contributed by atoms with Crippen LogP contribution in [-0.4, -0.2) is 41.5 Å². The first-order valence-corrected chi connectivity index (χ1v) is 9.70. The molecular formula is C18H25N3O3S. The Balaban J connectivity index is 1.62. The molecule has 3 rings (SSSR count). The molecule has 1 saturated heterocycles. The Bertz CT molecular complexity index is 672. The number of nitrogens with zero attached hydrogens (tertiary/aromatic N) is 2. The molecule has 1 fully saturated rings. The van der Waals surface area contributed by atoms with Crippen molar-refractivity contribution in [2.45, 2.75) is 26.7 Å². The van der Waals surface area contributed by atoms with E-state index in [-0.39, 0.29) is 35.5 Å². The molecule has 2 N–H and O–H groups in total. The number of hydrogen-bond donors (Lipinski definition) is 1. The van der Waals surface area contributed by atoms with Crippen LogP contribution in [0.25, 0.3) is 0 Å². The Hall–Kier alpha value is -1.89. The van der Waals surface area contributed by atoms with Crippen LogP contribution in [0.5, 0.6) is 0 Å². The van der Waals surface area contributed by atoms with Gasteiger partial charge in [0.1, 0.15) is 0 Å². The van der Waals surface area contributed by atoms with Gasteiger partial charge >= 0.3 is 5.97 Å². The van der Waals surface area contributed by atoms with Gasteiger partial charge in [0.15, 0.2) is 5.13 Å². The van der Waals surface area contributed by atoms with Crippen LogP contribution in [-0.2, 0) is 20.7 Å². The maximum absolute atomic E-state index is 12.6. The third-order valence-electron chi connectivity index (χ3n) is 5.18. The van der Waals surface area contributed by atoms with Crippen LogP contribution in [0.15, 0.2) is 17.5 Å². The Morgan fingerprint density at radius 3 is 2.88 bits per heavy atom. The van der Waals surface area contributed by atoms with E-state index in [9.17, 15) is 9.59 Å². The number of esters is 1. The van der Waals surface area contributed by atoms with Gasteiger partial charge in [-0.1, -0.05) is 19.1 Å². The van der Waals surface area contributed by atoms with Crippen LogP contribution < -0.4 is 5.73 Å². The van der Waals surface area contributed by atoms with Gasteiger partial charge in [0.05, 0.1) is 18.2 Å². The monoisotopic (exact) mass is 363 g/mol. The molecule has 0 bridgehead atoms. The predicted octanol–water partition coefficient (Wildman–Crippen LogP) is 2.12. The number of amides is 1. The summed E-state index contributed by atoms with van der Waals surface area (Å²) in [6, 6.07) is 0. The van der Waals surface area contributed by atoms with Crippen molar-refractivity contribution in [2.24, 2.45) is 23.7 Å². The average molecular weight is 363 g/mol. The summed E-state index contributed by atoms with van der Waals surface area (Å²) < 4.78 is 5.27. The van der Waals surface area contributed by atoms with Crippen molar-refractivity contribution >= 4 is 28.3 Å². The molecule has 1 aliphatic heterocycles. The fraction of sp³-hybridized carbons (Fsp3) is 0.611. The molecule has 0 radical (unpaired) electrons. The number of thiazole rings is 1. The maximum atomic E-state index is 12.6. The lowest BCUT2D eigenvalue weighted by molar-refractivity contribution is -0.152. The summed E-state index contributed by atoms with van der Waals surface area (Å²) in [5.41, 5.74) is 6.49. The summed E-state index contributed by atoms with van der Waals surface area (Å²) in [6.45, 7) is 5.57. The van der Waals surface area contributed by atoms with E-state index in [4.69, 9.17) is 10.5 Å². The Labute approximate surface area is 152 Å². The second-order valence-corrected chi connectivity index (χ2v) is 7.72. The highest BCUT2D eigenvalue weighted by Crippen LogP contribution is 2.40. The van der Waals surface area contributed by atoms with Crippen molar-refractivity contribution in [1.82, 2.24) is 9.88 Å². The molecule has 2 aliphatic rings. The lowest BCUT2D eigenvalue weighted by Crippen LogP contribution is -2.37. The van der Waals surface area contributed by atoms with E-state index in [2.05, 4.69) is 17.1 Å². The first-order chi connectivity index (χ1) is 12.0. The lowest BCUT2D eigenvalue weighted by Gasteiger charge is -2.31. The predicted molar refractivity (Wildman–Crippen MR) is 96.8 cm³/mol. The number of anilines is 1. The van der Waals surface area contributed by atoms with Gasteiger partial charge in [0, 0.05) is 24.9 Å². The van der Waals surface area contributed by atoms with Crippen molar-refractivity contribution in [2.75, 3.05) is 25.4 Å². The Morgan fingerprint density at radius 2 is 2.20 bits per heavy atom. The fourth-order valence-corrected chi connectivity index (χ4v) is 4.52. The number of hydrogen-bond acceptors (Lipinski definition) is 6. The maximum Gasteiger partial charge on any atom is 0.309 e. The number of nitrogens with two attached hydrogens (primary N) is 1. The normalized spacial score (nSPS) is 28.0. The third-order valence-corrected chi connectivity index (χ3v) is 5.90. The molecule has 0 aromatic carbocycles. The molecule has 25 heavy (non-hydrogen) atoms. The van der Waals surface area contributed by atoms with E-state index >= 15 is 0 Å². The van der Waals surface area contributed by atoms with Crippen molar-refractivity contribution in [3.8, 4) is 0 Å². The molecule has 6 nitrogen and oxygen atoms in total. The lowest BCUT2D eigenvalue weighted by atomic mass is 9.72. The van der Waals surface area contributed by atoms with Crippen LogP contribution in [0, 0.1) is 23.7 Å². The molecule has 1 aliphatic carbocycles. The number of aryl methyl sites for hydroxylation is 1. The van der Waals surface area contributed by atoms with E-state index < -0.39 is 0 Å². The molecule has 0 saturated carbocycles. The van der Waals surface area contributed by atoms with Gasteiger partial charge in [0.2, 0.25) is 5.91 Å². The topological polar surface area (TPSA) is 85.5 Å². The van der Waals surface area contributed by atoms with Crippen LogP contribution in [0.3, 0.4) is 0 Å². The quantitative estimate of drug-likeness (QED) is 0.640. The number of rotatable bonds is 5. The van der Waals surface area contributed by atoms with Gasteiger partial charge in [-0.05, 0) is 31.1 Å². The summed E-state index contributed by atoms with van der Waals surface area (Å²) in [5.74, 6) is 0.355. The largest absolute Gasteiger partial charge is 0.466 e. The number of likely N-dealkylation sites (tertiary alicyclic amines) is 1. The summed E-state index contributed by atoms with van der Waals surface area (Å²) >= 11 is 1.39. The smallest absolute Gasteiger partial charge is 0.309 e. The number of aromatic nitrogens is 1. The highest BCUT2D eigenvalue weighted by molar-refractivity contribution is 7.13. The van der Waals surface area contributed by atoms with E-state index in [0.717, 1.165) is 5.69 Å². The van der Waals surface area contributed by atoms with Crippen molar-refractivity contribution < 1.29 is 14.3 Å². The number of carbonyl (C=O) groups is 2. The summed E-state index contributed by atoms with van der Waals surface area (Å²) in [6.07, 6.45) is 5.28. The van der Waals surface area contributed by atoms with Crippen molar-refractivity contribution in [1.29, 1.82) is 0 Å². The zero-order valence-electron chi connectivity index (χ0n) is 14.7. The minimum absolute atomic E-state index is 0.115. The van der Waals surface area contributed by atoms with Crippen LogP contribution >= 0.6 is 11.3 Å². The number of nitrogen functional groups attached to an aromatic ring is 1. The number of ether oxygens (including phenoxy) is 1. The Kier molecular flexibility index (Phi) is 5.42. The first kappa shape index (κ1) is 17.9. The molecule has 2 heterocycles. The molecule has 4 atom stereocenters. The molecule has 1 aromatic heterocycles. The van der Waals surface area contributed by atoms with E-state index in [1.807, 2.05) is 24.1 Å². The number of fused-ring (bicyclic) bond motifs is 1. The zero-order valence-corrected chi connectivity index (χ0v) is 15.5. The van der Waals surface area contributed by atoms with Crippen LogP contribution in [0.4, 0.5) is 5.13 Å². The second-order valence-electron chi connectivity index (χ2n) is 6.83. The van der Waals surface area contributed by atoms with E-state index in [1.54, 1.807) is 0 Å². The van der Waals surface area contributed by atoms with Crippen molar-refractivity contribution in [3.63, 3.8) is 0 Å². The summed E-state index contributed by atoms with van der Waals surface area (Å²) in [7, 11) is 0. The standard InChI is InChI=1S/C18H25N3O3S/c1-3-24-17(23)16-11(2)4-5-12-8-21(9-14(12)16)15(22)7-6-13-10-25-18(19)20-13/h4-5,10-12,14,16H,3,6-9H2,1-2H3,(H2,19,20)/t11-,12-,14-,16-/m0/s1. The Morgan fingerprint density at radius 1 is 1.40 bits per heavy atom. The van der Waals surface area contributed by atoms with Crippen molar-refractivity contribution in [3.05, 3.63) is 23.2 Å². The molecule has 0 unspecified atom stereocenters. The number of allylic oxidation sites excluding steroid dienone is 1. The molecule has 1 aromatic rings. The minimum Gasteiger partial charge on any atom is -0.466 e. The summed E-state index contributed by atoms with van der Waals surface area (Å²) in [4.78, 5) is 31.0. The molecule has 7 heteroatoms. The van der Waals surface area contributed by atoms with Gasteiger partial charge in [-0.2, -0.15) is 0 Å². The van der Waals surface area contributed by atoms with Gasteiger partial charge in [-0.15, -0.1) is 11.3 Å². The first-order valence-electron chi connectivity index (χ1n) is 8.82. The summed E-state index contributed by atoms with van der Waals surface area (Å²) in [5, 5.41) is 2.43. The highest BCUT2D eigenvalue weighted by atomic mass is 32.1. The average Bonchev–Trinajstić information content (AvgIpc) is 3.18. The van der Waals surface area contributed by atoms with Crippen LogP contribution in [0.2, 0.25) is 0 Å². The zero-order chi connectivity index (χ0) is 18.0. The fourth-order valence-electron chi connectivity index (χ4n) is 3.93. The third kappa shape index (κ3) is 3.86. The molecule has 0 spiro atoms. The molecule has 1 amide bonds. The minimum atomic E-state index is -0.161. The van der Waals surface area contributed by atoms with Gasteiger partial charge < -0.3 is 15.4 Å². The van der Waals surface area contributed by atoms with E-state index in [1.165, 1.54) is 11.3 Å². The van der Waals surface area contributed by atoms with Gasteiger partial charge in [-0.3, -0.25) is 9.59 Å². The molecule has 136 valence electrons. The number of carbonyl (C=O) groups excluding carboxylic acids is 2. The van der Waals surface area contributed by atoms with E-state index in [0.29, 0.717) is 37.7 Å². The van der Waals surface area contributed by atoms with Gasteiger partial charge in [0.25, 0.3) is 0 Å².